The lowest BCUT2D eigenvalue weighted by Crippen LogP contribution is -2.19. The Morgan fingerprint density at radius 1 is 1.04 bits per heavy atom. The second-order valence-corrected chi connectivity index (χ2v) is 5.44. The van der Waals surface area contributed by atoms with Gasteiger partial charge in [0.05, 0.1) is 7.11 Å². The molecule has 3 aromatic rings. The average Bonchev–Trinajstić information content (AvgIpc) is 3.06. The predicted molar refractivity (Wildman–Crippen MR) is 85.7 cm³/mol. The minimum Gasteiger partial charge on any atom is -0.497 e. The first-order chi connectivity index (χ1) is 12.4. The largest absolute Gasteiger partial charge is 0.497 e. The van der Waals surface area contributed by atoms with Crippen LogP contribution in [0.3, 0.4) is 0 Å². The number of halogens is 4. The molecule has 0 unspecified atom stereocenters. The molecule has 1 aromatic carbocycles. The number of aryl methyl sites for hydroxylation is 1. The molecule has 0 saturated heterocycles. The van der Waals surface area contributed by atoms with Crippen molar-refractivity contribution in [3.8, 4) is 5.75 Å². The monoisotopic (exact) mass is 366 g/mol. The van der Waals surface area contributed by atoms with Gasteiger partial charge in [-0.05, 0) is 17.7 Å². The summed E-state index contributed by atoms with van der Waals surface area (Å²) < 4.78 is 61.6. The summed E-state index contributed by atoms with van der Waals surface area (Å²) in [6.45, 7) is 0. The molecule has 5 nitrogen and oxygen atoms in total. The summed E-state index contributed by atoms with van der Waals surface area (Å²) in [5, 5.41) is 2.50. The quantitative estimate of drug-likeness (QED) is 0.554. The third kappa shape index (κ3) is 3.19. The maximum absolute atomic E-state index is 14.0. The van der Waals surface area contributed by atoms with Crippen molar-refractivity contribution in [3.63, 3.8) is 0 Å². The van der Waals surface area contributed by atoms with Crippen molar-refractivity contribution in [1.82, 2.24) is 14.5 Å². The Balaban J connectivity index is 2.09. The number of imidazole rings is 1. The molecule has 9 heteroatoms. The van der Waals surface area contributed by atoms with Crippen LogP contribution in [-0.2, 0) is 7.05 Å². The van der Waals surface area contributed by atoms with Crippen LogP contribution in [0.2, 0.25) is 0 Å². The van der Waals surface area contributed by atoms with Crippen molar-refractivity contribution in [2.75, 3.05) is 12.4 Å². The number of hydrogen-bond donors (Lipinski definition) is 1. The molecule has 2 heterocycles. The Labute approximate surface area is 146 Å². The molecule has 3 rings (SSSR count). The Hall–Kier alpha value is -3.10. The van der Waals surface area contributed by atoms with Crippen LogP contribution >= 0.6 is 0 Å². The maximum atomic E-state index is 14.0. The summed E-state index contributed by atoms with van der Waals surface area (Å²) in [4.78, 5) is 6.71. The number of anilines is 1. The van der Waals surface area contributed by atoms with Crippen molar-refractivity contribution in [2.45, 2.75) is 6.04 Å². The lowest BCUT2D eigenvalue weighted by Gasteiger charge is -2.21. The highest BCUT2D eigenvalue weighted by Gasteiger charge is 2.26. The molecule has 2 aromatic heterocycles. The van der Waals surface area contributed by atoms with Gasteiger partial charge in [0.15, 0.2) is 0 Å². The van der Waals surface area contributed by atoms with Gasteiger partial charge in [-0.25, -0.2) is 4.98 Å². The topological polar surface area (TPSA) is 52.0 Å². The first-order valence-corrected chi connectivity index (χ1v) is 7.50. The molecule has 0 spiro atoms. The van der Waals surface area contributed by atoms with Gasteiger partial charge in [-0.2, -0.15) is 22.5 Å². The van der Waals surface area contributed by atoms with Gasteiger partial charge in [-0.3, -0.25) is 0 Å². The molecule has 0 saturated carbocycles. The highest BCUT2D eigenvalue weighted by molar-refractivity contribution is 5.50. The second kappa shape index (κ2) is 7.03. The minimum atomic E-state index is -1.74. The summed E-state index contributed by atoms with van der Waals surface area (Å²) in [7, 11) is 3.18. The first-order valence-electron chi connectivity index (χ1n) is 7.50. The molecule has 0 radical (unpaired) electrons. The molecule has 0 bridgehead atoms. The van der Waals surface area contributed by atoms with Gasteiger partial charge < -0.3 is 14.6 Å². The number of rotatable bonds is 5. The molecule has 136 valence electrons. The minimum absolute atomic E-state index is 0.381. The van der Waals surface area contributed by atoms with Crippen molar-refractivity contribution in [2.24, 2.45) is 7.05 Å². The van der Waals surface area contributed by atoms with Gasteiger partial charge in [0.1, 0.15) is 23.3 Å². The highest BCUT2D eigenvalue weighted by Crippen LogP contribution is 2.30. The molecule has 0 aliphatic carbocycles. The van der Waals surface area contributed by atoms with Gasteiger partial charge in [0.2, 0.25) is 11.6 Å². The van der Waals surface area contributed by atoms with Gasteiger partial charge in [0.25, 0.3) is 11.9 Å². The van der Waals surface area contributed by atoms with Crippen LogP contribution in [0.4, 0.5) is 23.2 Å². The van der Waals surface area contributed by atoms with E-state index in [0.29, 0.717) is 17.1 Å². The van der Waals surface area contributed by atoms with Crippen molar-refractivity contribution in [1.29, 1.82) is 0 Å². The number of nitrogens with zero attached hydrogens (tertiary/aromatic N) is 3. The van der Waals surface area contributed by atoms with Crippen LogP contribution < -0.4 is 10.1 Å². The van der Waals surface area contributed by atoms with E-state index in [-0.39, 0.29) is 0 Å². The Bertz CT molecular complexity index is 901. The SMILES string of the molecule is COc1ccc([C@H](Nc2c(F)c(F)nc(F)c2F)c2nccn2C)cc1. The number of pyridine rings is 1. The van der Waals surface area contributed by atoms with E-state index in [1.54, 1.807) is 42.1 Å². The zero-order valence-corrected chi connectivity index (χ0v) is 13.8. The zero-order valence-electron chi connectivity index (χ0n) is 13.8. The number of ether oxygens (including phenoxy) is 1. The van der Waals surface area contributed by atoms with E-state index in [9.17, 15) is 17.6 Å². The summed E-state index contributed by atoms with van der Waals surface area (Å²) in [6.07, 6.45) is 3.13. The summed E-state index contributed by atoms with van der Waals surface area (Å²) in [5.74, 6) is -5.75. The van der Waals surface area contributed by atoms with Crippen LogP contribution in [-0.4, -0.2) is 21.6 Å². The third-order valence-electron chi connectivity index (χ3n) is 3.85. The van der Waals surface area contributed by atoms with E-state index < -0.39 is 35.3 Å². The van der Waals surface area contributed by atoms with Crippen LogP contribution in [0.25, 0.3) is 0 Å². The van der Waals surface area contributed by atoms with E-state index in [0.717, 1.165) is 0 Å². The number of nitrogens with one attached hydrogen (secondary N) is 1. The van der Waals surface area contributed by atoms with Crippen molar-refractivity contribution < 1.29 is 22.3 Å². The van der Waals surface area contributed by atoms with E-state index in [1.165, 1.54) is 13.3 Å². The zero-order chi connectivity index (χ0) is 18.8. The fraction of sp³-hybridized carbons (Fsp3) is 0.176. The van der Waals surface area contributed by atoms with Crippen LogP contribution in [0.5, 0.6) is 5.75 Å². The van der Waals surface area contributed by atoms with Crippen LogP contribution in [0, 0.1) is 23.5 Å². The smallest absolute Gasteiger partial charge is 0.253 e. The molecule has 0 aliphatic heterocycles. The summed E-state index contributed by atoms with van der Waals surface area (Å²) in [6, 6.07) is 5.70. The Morgan fingerprint density at radius 2 is 1.65 bits per heavy atom. The molecule has 0 fully saturated rings. The van der Waals surface area contributed by atoms with Gasteiger partial charge >= 0.3 is 0 Å². The van der Waals surface area contributed by atoms with E-state index in [1.807, 2.05) is 0 Å². The summed E-state index contributed by atoms with van der Waals surface area (Å²) in [5.41, 5.74) is -0.407. The average molecular weight is 366 g/mol. The van der Waals surface area contributed by atoms with E-state index in [4.69, 9.17) is 4.74 Å². The molecule has 1 atom stereocenters. The molecule has 0 aliphatic rings. The molecule has 1 N–H and O–H groups in total. The Morgan fingerprint density at radius 3 is 2.15 bits per heavy atom. The van der Waals surface area contributed by atoms with Crippen LogP contribution in [0.1, 0.15) is 17.4 Å². The standard InChI is InChI=1S/C17H14F4N4O/c1-25-8-7-22-17(25)13(9-3-5-10(26-2)6-4-9)23-14-11(18)15(20)24-16(21)12(14)19/h3-8,13H,1-2H3,(H,23,24)/t13-/m0/s1. The first kappa shape index (κ1) is 17.7. The number of aromatic nitrogens is 3. The van der Waals surface area contributed by atoms with Gasteiger partial charge in [-0.1, -0.05) is 12.1 Å². The molecular formula is C17H14F4N4O. The maximum Gasteiger partial charge on any atom is 0.253 e. The van der Waals surface area contributed by atoms with E-state index >= 15 is 0 Å². The highest BCUT2D eigenvalue weighted by atomic mass is 19.2. The lowest BCUT2D eigenvalue weighted by atomic mass is 10.1. The van der Waals surface area contributed by atoms with Gasteiger partial charge in [-0.15, -0.1) is 0 Å². The molecular weight excluding hydrogens is 352 g/mol. The molecule has 0 amide bonds. The lowest BCUT2D eigenvalue weighted by molar-refractivity contribution is 0.409. The second-order valence-electron chi connectivity index (χ2n) is 5.44. The molecule has 26 heavy (non-hydrogen) atoms. The fourth-order valence-corrected chi connectivity index (χ4v) is 2.51. The van der Waals surface area contributed by atoms with Crippen LogP contribution in [0.15, 0.2) is 36.7 Å². The van der Waals surface area contributed by atoms with Crippen molar-refractivity contribution in [3.05, 3.63) is 71.6 Å². The normalized spacial score (nSPS) is 12.1. The van der Waals surface area contributed by atoms with Crippen molar-refractivity contribution >= 4 is 5.69 Å². The fourth-order valence-electron chi connectivity index (χ4n) is 2.51. The van der Waals surface area contributed by atoms with Gasteiger partial charge in [0, 0.05) is 19.4 Å². The summed E-state index contributed by atoms with van der Waals surface area (Å²) >= 11 is 0. The number of methoxy groups -OCH3 is 1. The third-order valence-corrected chi connectivity index (χ3v) is 3.85. The number of benzene rings is 1. The number of hydrogen-bond acceptors (Lipinski definition) is 4. The predicted octanol–water partition coefficient (Wildman–Crippen LogP) is 3.58. The Kier molecular flexibility index (Phi) is 4.79. The van der Waals surface area contributed by atoms with E-state index in [2.05, 4.69) is 15.3 Å².